The zero-order valence-corrected chi connectivity index (χ0v) is 8.17. The van der Waals surface area contributed by atoms with Crippen LogP contribution in [0, 0.1) is 5.92 Å². The number of carbonyl (C=O) groups excluding carboxylic acids is 1. The number of hydrogen-bond acceptors (Lipinski definition) is 1. The summed E-state index contributed by atoms with van der Waals surface area (Å²) in [7, 11) is 0. The molecule has 2 heterocycles. The molecule has 2 N–H and O–H groups in total. The molecule has 1 atom stereocenters. The second-order valence-corrected chi connectivity index (χ2v) is 4.18. The fraction of sp³-hybridized carbons (Fsp3) is 0.900. The lowest BCUT2D eigenvalue weighted by atomic mass is 9.98. The summed E-state index contributed by atoms with van der Waals surface area (Å²) in [5, 5.41) is 2.28. The van der Waals surface area contributed by atoms with Gasteiger partial charge in [-0.1, -0.05) is 0 Å². The number of nitrogens with zero attached hydrogens (tertiary/aromatic N) is 1. The van der Waals surface area contributed by atoms with Gasteiger partial charge >= 0.3 is 0 Å². The summed E-state index contributed by atoms with van der Waals surface area (Å²) in [5.74, 6) is 0.750. The maximum Gasteiger partial charge on any atom is 0.231 e. The minimum absolute atomic E-state index is 0.326. The fourth-order valence-corrected chi connectivity index (χ4v) is 2.37. The molecule has 0 radical (unpaired) electrons. The van der Waals surface area contributed by atoms with Gasteiger partial charge in [0.15, 0.2) is 0 Å². The van der Waals surface area contributed by atoms with E-state index in [9.17, 15) is 4.79 Å². The summed E-state index contributed by atoms with van der Waals surface area (Å²) in [6.45, 7) is 4.25. The number of rotatable bonds is 1. The Balaban J connectivity index is 1.87. The van der Waals surface area contributed by atoms with E-state index in [1.54, 1.807) is 0 Å². The van der Waals surface area contributed by atoms with Crippen LogP contribution in [0.3, 0.4) is 0 Å². The van der Waals surface area contributed by atoms with Gasteiger partial charge in [0.25, 0.3) is 0 Å². The molecule has 1 amide bonds. The second-order valence-electron chi connectivity index (χ2n) is 4.18. The van der Waals surface area contributed by atoms with Crippen LogP contribution in [0.2, 0.25) is 0 Å². The van der Waals surface area contributed by atoms with E-state index in [-0.39, 0.29) is 0 Å². The molecule has 0 aromatic carbocycles. The van der Waals surface area contributed by atoms with E-state index in [1.165, 1.54) is 25.8 Å². The third kappa shape index (κ3) is 2.02. The van der Waals surface area contributed by atoms with Crippen molar-refractivity contribution in [3.63, 3.8) is 0 Å². The molecule has 2 fully saturated rings. The lowest BCUT2D eigenvalue weighted by molar-refractivity contribution is -0.666. The molecule has 2 rings (SSSR count). The number of amides is 1. The first-order chi connectivity index (χ1) is 6.38. The lowest BCUT2D eigenvalue weighted by Crippen LogP contribution is -2.87. The normalized spacial score (nSPS) is 29.2. The highest BCUT2D eigenvalue weighted by Crippen LogP contribution is 2.15. The molecule has 2 aliphatic rings. The Labute approximate surface area is 79.5 Å². The molecule has 0 saturated carbocycles. The van der Waals surface area contributed by atoms with Gasteiger partial charge in [-0.05, 0) is 25.7 Å². The number of piperidine rings is 1. The Morgan fingerprint density at radius 2 is 2.00 bits per heavy atom. The first kappa shape index (κ1) is 9.00. The number of hydrogen-bond donors (Lipinski definition) is 1. The summed E-state index contributed by atoms with van der Waals surface area (Å²) in [4.78, 5) is 14.0. The highest BCUT2D eigenvalue weighted by Gasteiger charge is 2.28. The highest BCUT2D eigenvalue weighted by molar-refractivity contribution is 5.79. The van der Waals surface area contributed by atoms with E-state index in [0.717, 1.165) is 26.1 Å². The number of likely N-dealkylation sites (tertiary alicyclic amines) is 1. The van der Waals surface area contributed by atoms with Gasteiger partial charge in [0, 0.05) is 13.1 Å². The third-order valence-electron chi connectivity index (χ3n) is 3.18. The molecule has 0 aromatic heterocycles. The average Bonchev–Trinajstić information content (AvgIpc) is 2.71. The Morgan fingerprint density at radius 3 is 2.62 bits per heavy atom. The van der Waals surface area contributed by atoms with Crippen LogP contribution in [-0.2, 0) is 4.79 Å². The van der Waals surface area contributed by atoms with Gasteiger partial charge in [-0.25, -0.2) is 0 Å². The van der Waals surface area contributed by atoms with Crippen LogP contribution in [0.1, 0.15) is 25.7 Å². The van der Waals surface area contributed by atoms with Crippen LogP contribution in [-0.4, -0.2) is 37.0 Å². The van der Waals surface area contributed by atoms with Crippen molar-refractivity contribution in [3.8, 4) is 0 Å². The molecule has 2 aliphatic heterocycles. The van der Waals surface area contributed by atoms with Crippen molar-refractivity contribution >= 4 is 5.91 Å². The second kappa shape index (κ2) is 4.09. The maximum absolute atomic E-state index is 11.9. The summed E-state index contributed by atoms with van der Waals surface area (Å²) >= 11 is 0. The Bertz CT molecular complexity index is 181. The van der Waals surface area contributed by atoms with Gasteiger partial charge in [-0.15, -0.1) is 0 Å². The number of carbonyl (C=O) groups is 1. The number of quaternary nitrogens is 1. The van der Waals surface area contributed by atoms with E-state index in [0.29, 0.717) is 11.8 Å². The lowest BCUT2D eigenvalue weighted by Gasteiger charge is -2.24. The predicted molar refractivity (Wildman–Crippen MR) is 50.2 cm³/mol. The molecular weight excluding hydrogens is 164 g/mol. The quantitative estimate of drug-likeness (QED) is 0.589. The van der Waals surface area contributed by atoms with Crippen LogP contribution in [0.4, 0.5) is 0 Å². The topological polar surface area (TPSA) is 36.9 Å². The van der Waals surface area contributed by atoms with E-state index in [4.69, 9.17) is 0 Å². The summed E-state index contributed by atoms with van der Waals surface area (Å²) < 4.78 is 0. The van der Waals surface area contributed by atoms with Gasteiger partial charge in [0.2, 0.25) is 5.91 Å². The monoisotopic (exact) mass is 183 g/mol. The van der Waals surface area contributed by atoms with E-state index in [1.807, 2.05) is 0 Å². The first-order valence-corrected chi connectivity index (χ1v) is 5.48. The van der Waals surface area contributed by atoms with Gasteiger partial charge in [0.1, 0.15) is 0 Å². The number of nitrogens with two attached hydrogens (primary N) is 1. The molecule has 3 heteroatoms. The largest absolute Gasteiger partial charge is 0.346 e. The Hall–Kier alpha value is -0.570. The Kier molecular flexibility index (Phi) is 2.83. The van der Waals surface area contributed by atoms with Crippen molar-refractivity contribution in [2.45, 2.75) is 25.7 Å². The van der Waals surface area contributed by atoms with Crippen molar-refractivity contribution in [1.29, 1.82) is 0 Å². The maximum atomic E-state index is 11.9. The van der Waals surface area contributed by atoms with Gasteiger partial charge in [-0.2, -0.15) is 0 Å². The van der Waals surface area contributed by atoms with Gasteiger partial charge in [-0.3, -0.25) is 4.79 Å². The molecule has 0 aromatic rings. The van der Waals surface area contributed by atoms with Crippen LogP contribution < -0.4 is 5.32 Å². The molecule has 2 saturated heterocycles. The molecule has 13 heavy (non-hydrogen) atoms. The summed E-state index contributed by atoms with van der Waals surface area (Å²) in [5.41, 5.74) is 0. The standard InChI is InChI=1S/C10H18N2O/c13-10(12-6-1-2-7-12)9-4-3-5-11-8-9/h9,11H,1-8H2/p+1/t9-/m1/s1. The van der Waals surface area contributed by atoms with Crippen molar-refractivity contribution in [2.75, 3.05) is 26.2 Å². The van der Waals surface area contributed by atoms with Crippen molar-refractivity contribution < 1.29 is 10.1 Å². The average molecular weight is 183 g/mol. The SMILES string of the molecule is O=C([C@@H]1CCC[NH2+]C1)N1CCCC1. The minimum atomic E-state index is 0.326. The van der Waals surface area contributed by atoms with Crippen LogP contribution in [0.25, 0.3) is 0 Å². The zero-order valence-electron chi connectivity index (χ0n) is 8.17. The first-order valence-electron chi connectivity index (χ1n) is 5.48. The van der Waals surface area contributed by atoms with Crippen molar-refractivity contribution in [1.82, 2.24) is 4.90 Å². The molecule has 3 nitrogen and oxygen atoms in total. The molecule has 0 unspecified atom stereocenters. The molecule has 0 aliphatic carbocycles. The smallest absolute Gasteiger partial charge is 0.231 e. The fourth-order valence-electron chi connectivity index (χ4n) is 2.37. The molecule has 0 bridgehead atoms. The summed E-state index contributed by atoms with van der Waals surface area (Å²) in [6, 6.07) is 0. The third-order valence-corrected chi connectivity index (χ3v) is 3.18. The van der Waals surface area contributed by atoms with Crippen molar-refractivity contribution in [3.05, 3.63) is 0 Å². The van der Waals surface area contributed by atoms with Gasteiger partial charge in [0.05, 0.1) is 19.0 Å². The molecule has 74 valence electrons. The van der Waals surface area contributed by atoms with Crippen LogP contribution in [0.5, 0.6) is 0 Å². The molecule has 0 spiro atoms. The van der Waals surface area contributed by atoms with E-state index in [2.05, 4.69) is 10.2 Å². The van der Waals surface area contributed by atoms with E-state index < -0.39 is 0 Å². The summed E-state index contributed by atoms with van der Waals surface area (Å²) in [6.07, 6.45) is 4.75. The Morgan fingerprint density at radius 1 is 1.23 bits per heavy atom. The van der Waals surface area contributed by atoms with Crippen molar-refractivity contribution in [2.24, 2.45) is 5.92 Å². The predicted octanol–water partition coefficient (Wildman–Crippen LogP) is -0.418. The minimum Gasteiger partial charge on any atom is -0.346 e. The molecular formula is C10H19N2O+. The van der Waals surface area contributed by atoms with E-state index >= 15 is 0 Å². The van der Waals surface area contributed by atoms with Crippen LogP contribution in [0.15, 0.2) is 0 Å². The highest BCUT2D eigenvalue weighted by atomic mass is 16.2. The van der Waals surface area contributed by atoms with Crippen LogP contribution >= 0.6 is 0 Å². The van der Waals surface area contributed by atoms with Gasteiger partial charge < -0.3 is 10.2 Å². The zero-order chi connectivity index (χ0) is 9.10.